The zero-order chi connectivity index (χ0) is 22.1. The molecule has 0 aromatic heterocycles. The van der Waals surface area contributed by atoms with E-state index in [9.17, 15) is 24.6 Å². The van der Waals surface area contributed by atoms with E-state index in [4.69, 9.17) is 10.3 Å². The molecule has 0 fully saturated rings. The van der Waals surface area contributed by atoms with Gasteiger partial charge < -0.3 is 19.9 Å². The monoisotopic (exact) mass is 419 g/mol. The van der Waals surface area contributed by atoms with Crippen LogP contribution in [0.15, 0.2) is 63.8 Å². The number of aromatic carboxylic acids is 1. The minimum atomic E-state index is -1.17. The fourth-order valence-electron chi connectivity index (χ4n) is 3.46. The predicted octanol–water partition coefficient (Wildman–Crippen LogP) is 2.37. The molecule has 9 nitrogen and oxygen atoms in total. The summed E-state index contributed by atoms with van der Waals surface area (Å²) in [6.45, 7) is -0.127. The van der Waals surface area contributed by atoms with Crippen molar-refractivity contribution < 1.29 is 24.2 Å². The van der Waals surface area contributed by atoms with Gasteiger partial charge in [-0.1, -0.05) is 0 Å². The number of rotatable bonds is 5. The highest BCUT2D eigenvalue weighted by Crippen LogP contribution is 2.42. The molecule has 0 radical (unpaired) electrons. The molecule has 6 N–H and O–H groups in total. The minimum absolute atomic E-state index is 0.0111. The molecule has 4 rings (SSSR count). The van der Waals surface area contributed by atoms with Crippen molar-refractivity contribution in [3.63, 3.8) is 0 Å². The van der Waals surface area contributed by atoms with E-state index in [0.717, 1.165) is 0 Å². The number of amides is 1. The second-order valence-corrected chi connectivity index (χ2v) is 6.81. The molecule has 156 valence electrons. The summed E-state index contributed by atoms with van der Waals surface area (Å²) in [5.41, 5.74) is 3.89. The Bertz CT molecular complexity index is 1360. The summed E-state index contributed by atoms with van der Waals surface area (Å²) in [6.07, 6.45) is 0. The van der Waals surface area contributed by atoms with Crippen LogP contribution >= 0.6 is 0 Å². The van der Waals surface area contributed by atoms with Crippen LogP contribution in [0.25, 0.3) is 33.4 Å². The number of benzene rings is 3. The Kier molecular flexibility index (Phi) is 5.12. The minimum Gasteiger partial charge on any atom is -0.508 e. The quantitative estimate of drug-likeness (QED) is 0.188. The topological polar surface area (TPSA) is 155 Å². The van der Waals surface area contributed by atoms with E-state index < -0.39 is 11.9 Å². The highest BCUT2D eigenvalue weighted by Gasteiger charge is 2.22. The van der Waals surface area contributed by atoms with E-state index >= 15 is 0 Å². The summed E-state index contributed by atoms with van der Waals surface area (Å²) < 4.78 is 5.80. The van der Waals surface area contributed by atoms with Crippen LogP contribution in [0.3, 0.4) is 0 Å². The number of phenols is 1. The highest BCUT2D eigenvalue weighted by atomic mass is 16.4. The SMILES string of the molecule is NNCC(=O)Nc1ccc(C(=O)O)c(-c2c3ccc(=O)cc-3oc3cc(O)ccc23)c1. The van der Waals surface area contributed by atoms with E-state index in [1.165, 1.54) is 42.5 Å². The highest BCUT2D eigenvalue weighted by molar-refractivity contribution is 6.08. The summed E-state index contributed by atoms with van der Waals surface area (Å²) in [5, 5.41) is 22.8. The van der Waals surface area contributed by atoms with Crippen molar-refractivity contribution in [3.8, 4) is 28.2 Å². The number of anilines is 1. The lowest BCUT2D eigenvalue weighted by atomic mass is 9.90. The van der Waals surface area contributed by atoms with Gasteiger partial charge in [0.1, 0.15) is 17.1 Å². The number of carboxylic acid groups (broad SMARTS) is 1. The Morgan fingerprint density at radius 1 is 1.00 bits per heavy atom. The number of fused-ring (bicyclic) bond motifs is 2. The first-order valence-electron chi connectivity index (χ1n) is 9.18. The van der Waals surface area contributed by atoms with Crippen LogP contribution in [0.1, 0.15) is 10.4 Å². The Morgan fingerprint density at radius 2 is 1.81 bits per heavy atom. The third-order valence-corrected chi connectivity index (χ3v) is 4.74. The van der Waals surface area contributed by atoms with Gasteiger partial charge in [-0.15, -0.1) is 0 Å². The number of hydrazine groups is 1. The molecule has 0 spiro atoms. The van der Waals surface area contributed by atoms with Crippen LogP contribution in [0.2, 0.25) is 0 Å². The van der Waals surface area contributed by atoms with E-state index in [2.05, 4.69) is 10.7 Å². The normalized spacial score (nSPS) is 11.0. The Hall–Kier alpha value is -4.21. The fourth-order valence-corrected chi connectivity index (χ4v) is 3.46. The van der Waals surface area contributed by atoms with Gasteiger partial charge in [0.25, 0.3) is 0 Å². The number of carboxylic acids is 1. The maximum atomic E-state index is 12.0. The zero-order valence-electron chi connectivity index (χ0n) is 16.0. The molecule has 2 aromatic rings. The summed E-state index contributed by atoms with van der Waals surface area (Å²) in [5.74, 6) is 3.78. The zero-order valence-corrected chi connectivity index (χ0v) is 16.0. The molecule has 1 heterocycles. The van der Waals surface area contributed by atoms with Gasteiger partial charge in [-0.05, 0) is 48.0 Å². The number of hydrogen-bond donors (Lipinski definition) is 5. The third kappa shape index (κ3) is 3.82. The number of nitrogens with two attached hydrogens (primary N) is 1. The van der Waals surface area contributed by atoms with Crippen LogP contribution in [0, 0.1) is 0 Å². The van der Waals surface area contributed by atoms with Crippen molar-refractivity contribution in [1.29, 1.82) is 0 Å². The van der Waals surface area contributed by atoms with Gasteiger partial charge in [0, 0.05) is 34.3 Å². The first-order valence-corrected chi connectivity index (χ1v) is 9.18. The summed E-state index contributed by atoms with van der Waals surface area (Å²) in [7, 11) is 0. The largest absolute Gasteiger partial charge is 0.508 e. The summed E-state index contributed by atoms with van der Waals surface area (Å²) in [4.78, 5) is 35.8. The van der Waals surface area contributed by atoms with Crippen molar-refractivity contribution in [2.24, 2.45) is 5.84 Å². The first-order chi connectivity index (χ1) is 14.9. The van der Waals surface area contributed by atoms with Gasteiger partial charge in [0.15, 0.2) is 5.43 Å². The van der Waals surface area contributed by atoms with Crippen molar-refractivity contribution in [2.45, 2.75) is 0 Å². The van der Waals surface area contributed by atoms with Crippen molar-refractivity contribution in [1.82, 2.24) is 5.43 Å². The van der Waals surface area contributed by atoms with E-state index in [1.807, 2.05) is 0 Å². The van der Waals surface area contributed by atoms with E-state index in [1.54, 1.807) is 12.1 Å². The summed E-state index contributed by atoms with van der Waals surface area (Å²) in [6, 6.07) is 13.0. The Labute approximate surface area is 175 Å². The molecule has 2 aliphatic rings. The molecule has 9 heteroatoms. The second-order valence-electron chi connectivity index (χ2n) is 6.81. The smallest absolute Gasteiger partial charge is 0.336 e. The van der Waals surface area contributed by atoms with E-state index in [-0.39, 0.29) is 34.6 Å². The van der Waals surface area contributed by atoms with Crippen LogP contribution in [0.4, 0.5) is 5.69 Å². The molecule has 1 aliphatic heterocycles. The molecule has 0 atom stereocenters. The Balaban J connectivity index is 2.05. The third-order valence-electron chi connectivity index (χ3n) is 4.74. The lowest BCUT2D eigenvalue weighted by Crippen LogP contribution is -2.32. The molecule has 0 bridgehead atoms. The van der Waals surface area contributed by atoms with Gasteiger partial charge in [0.2, 0.25) is 5.91 Å². The molecule has 0 unspecified atom stereocenters. The van der Waals surface area contributed by atoms with Gasteiger partial charge in [-0.3, -0.25) is 20.9 Å². The van der Waals surface area contributed by atoms with Crippen LogP contribution in [-0.4, -0.2) is 28.6 Å². The summed E-state index contributed by atoms with van der Waals surface area (Å²) >= 11 is 0. The number of nitrogens with one attached hydrogen (secondary N) is 2. The first kappa shape index (κ1) is 20.1. The fraction of sp³-hybridized carbons (Fsp3) is 0.0455. The van der Waals surface area contributed by atoms with Gasteiger partial charge in [0.05, 0.1) is 12.1 Å². The van der Waals surface area contributed by atoms with Crippen molar-refractivity contribution >= 4 is 28.5 Å². The number of carbonyl (C=O) groups is 2. The maximum Gasteiger partial charge on any atom is 0.336 e. The number of aromatic hydroxyl groups is 1. The van der Waals surface area contributed by atoms with E-state index in [0.29, 0.717) is 27.8 Å². The maximum absolute atomic E-state index is 12.0. The molecule has 2 aromatic carbocycles. The van der Waals surface area contributed by atoms with Gasteiger partial charge >= 0.3 is 5.97 Å². The molecule has 1 aliphatic carbocycles. The molecular weight excluding hydrogens is 402 g/mol. The predicted molar refractivity (Wildman–Crippen MR) is 114 cm³/mol. The lowest BCUT2D eigenvalue weighted by molar-refractivity contribution is -0.115. The van der Waals surface area contributed by atoms with Crippen LogP contribution in [0.5, 0.6) is 5.75 Å². The molecule has 1 amide bonds. The average Bonchev–Trinajstić information content (AvgIpc) is 2.71. The second kappa shape index (κ2) is 7.90. The standard InChI is InChI=1S/C22H17N3O6/c23-24-10-20(28)25-11-1-4-14(22(29)30)17(7-11)21-15-5-2-12(26)8-18(15)31-19-9-13(27)3-6-16(19)21/h1-9,24,26H,10,23H2,(H,25,28)(H,29,30). The number of hydrogen-bond acceptors (Lipinski definition) is 7. The molecule has 0 saturated heterocycles. The van der Waals surface area contributed by atoms with Crippen LogP contribution < -0.4 is 22.0 Å². The lowest BCUT2D eigenvalue weighted by Gasteiger charge is -2.17. The number of carbonyl (C=O) groups excluding carboxylic acids is 1. The Morgan fingerprint density at radius 3 is 2.55 bits per heavy atom. The van der Waals surface area contributed by atoms with Crippen LogP contribution in [-0.2, 0) is 4.79 Å². The average molecular weight is 419 g/mol. The number of phenolic OH excluding ortho intramolecular Hbond substituents is 1. The van der Waals surface area contributed by atoms with Gasteiger partial charge in [-0.25, -0.2) is 4.79 Å². The molecule has 0 saturated carbocycles. The van der Waals surface area contributed by atoms with Crippen molar-refractivity contribution in [3.05, 3.63) is 70.4 Å². The van der Waals surface area contributed by atoms with Crippen molar-refractivity contribution in [2.75, 3.05) is 11.9 Å². The van der Waals surface area contributed by atoms with Gasteiger partial charge in [-0.2, -0.15) is 0 Å². The molecule has 31 heavy (non-hydrogen) atoms. The molecular formula is C22H17N3O6.